The fourth-order valence-electron chi connectivity index (χ4n) is 2.36. The van der Waals surface area contributed by atoms with Crippen LogP contribution in [0.25, 0.3) is 0 Å². The molecule has 1 rings (SSSR count). The maximum absolute atomic E-state index is 10.1. The van der Waals surface area contributed by atoms with Gasteiger partial charge in [0, 0.05) is 24.4 Å². The number of rotatable bonds is 9. The van der Waals surface area contributed by atoms with Crippen molar-refractivity contribution in [3.05, 3.63) is 36.2 Å². The molecule has 108 valence electrons. The fraction of sp³-hybridized carbons (Fsp3) is 0.625. The Balaban J connectivity index is 2.49. The van der Waals surface area contributed by atoms with Gasteiger partial charge in [-0.15, -0.1) is 0 Å². The third-order valence-electron chi connectivity index (χ3n) is 3.46. The molecule has 0 saturated heterocycles. The number of hydrogen-bond donors (Lipinski definition) is 3. The van der Waals surface area contributed by atoms with Gasteiger partial charge in [-0.05, 0) is 31.4 Å². The van der Waals surface area contributed by atoms with Gasteiger partial charge >= 0.3 is 0 Å². The molecule has 0 saturated carbocycles. The van der Waals surface area contributed by atoms with Crippen molar-refractivity contribution < 1.29 is 10.2 Å². The molecule has 0 aromatic carbocycles. The summed E-state index contributed by atoms with van der Waals surface area (Å²) in [7, 11) is 0. The molecule has 0 bridgehead atoms. The summed E-state index contributed by atoms with van der Waals surface area (Å²) in [6, 6.07) is 0. The van der Waals surface area contributed by atoms with Crippen molar-refractivity contribution in [2.24, 2.45) is 5.92 Å². The molecule has 1 heterocycles. The number of allylic oxidation sites excluding steroid dienone is 5. The molecule has 0 amide bonds. The summed E-state index contributed by atoms with van der Waals surface area (Å²) in [5.41, 5.74) is 1.08. The first-order chi connectivity index (χ1) is 9.27. The third kappa shape index (κ3) is 6.60. The Morgan fingerprint density at radius 2 is 2.00 bits per heavy atom. The quantitative estimate of drug-likeness (QED) is 0.562. The molecule has 0 aromatic rings. The summed E-state index contributed by atoms with van der Waals surface area (Å²) in [5.74, 6) is 0.189. The molecule has 0 aliphatic carbocycles. The average Bonchev–Trinajstić information content (AvgIpc) is 2.67. The van der Waals surface area contributed by atoms with Crippen molar-refractivity contribution in [2.45, 2.75) is 51.6 Å². The molecule has 3 heteroatoms. The molecular weight excluding hydrogens is 238 g/mol. The van der Waals surface area contributed by atoms with E-state index in [4.69, 9.17) is 0 Å². The SMILES string of the molecule is CCCCCC(O)CC(CCO)C1=CC=CC=CN1. The minimum Gasteiger partial charge on any atom is -0.396 e. The van der Waals surface area contributed by atoms with E-state index in [1.807, 2.05) is 30.5 Å². The molecule has 3 nitrogen and oxygen atoms in total. The van der Waals surface area contributed by atoms with Crippen molar-refractivity contribution in [1.82, 2.24) is 5.32 Å². The van der Waals surface area contributed by atoms with E-state index in [9.17, 15) is 10.2 Å². The van der Waals surface area contributed by atoms with E-state index >= 15 is 0 Å². The van der Waals surface area contributed by atoms with E-state index < -0.39 is 0 Å². The normalized spacial score (nSPS) is 17.5. The molecule has 2 atom stereocenters. The van der Waals surface area contributed by atoms with Crippen LogP contribution in [0, 0.1) is 5.92 Å². The third-order valence-corrected chi connectivity index (χ3v) is 3.46. The Morgan fingerprint density at radius 1 is 1.16 bits per heavy atom. The standard InChI is InChI=1S/C16H27NO2/c1-2-3-5-8-15(19)13-14(10-12-18)16-9-6-4-7-11-17-16/h4,6-7,9,11,14-15,17-19H,2-3,5,8,10,12-13H2,1H3. The van der Waals surface area contributed by atoms with E-state index in [0.717, 1.165) is 18.5 Å². The largest absolute Gasteiger partial charge is 0.396 e. The number of nitrogens with one attached hydrogen (secondary N) is 1. The van der Waals surface area contributed by atoms with Crippen molar-refractivity contribution in [3.63, 3.8) is 0 Å². The molecule has 3 N–H and O–H groups in total. The van der Waals surface area contributed by atoms with Gasteiger partial charge in [-0.1, -0.05) is 38.3 Å². The second-order valence-corrected chi connectivity index (χ2v) is 5.10. The second-order valence-electron chi connectivity index (χ2n) is 5.10. The predicted molar refractivity (Wildman–Crippen MR) is 79.5 cm³/mol. The van der Waals surface area contributed by atoms with Crippen LogP contribution in [0.1, 0.15) is 45.4 Å². The minimum absolute atomic E-state index is 0.152. The van der Waals surface area contributed by atoms with Crippen LogP contribution < -0.4 is 5.32 Å². The molecule has 0 radical (unpaired) electrons. The molecule has 1 aliphatic rings. The number of aliphatic hydroxyl groups excluding tert-OH is 2. The Bertz CT molecular complexity index is 321. The van der Waals surface area contributed by atoms with Gasteiger partial charge in [0.15, 0.2) is 0 Å². The zero-order chi connectivity index (χ0) is 13.9. The lowest BCUT2D eigenvalue weighted by molar-refractivity contribution is 0.127. The highest BCUT2D eigenvalue weighted by molar-refractivity contribution is 5.22. The van der Waals surface area contributed by atoms with Crippen molar-refractivity contribution in [3.8, 4) is 0 Å². The topological polar surface area (TPSA) is 52.5 Å². The van der Waals surface area contributed by atoms with E-state index in [1.165, 1.54) is 12.8 Å². The van der Waals surface area contributed by atoms with E-state index in [0.29, 0.717) is 12.8 Å². The number of unbranched alkanes of at least 4 members (excludes halogenated alkanes) is 2. The van der Waals surface area contributed by atoms with Crippen LogP contribution in [0.5, 0.6) is 0 Å². The van der Waals surface area contributed by atoms with Crippen LogP contribution >= 0.6 is 0 Å². The monoisotopic (exact) mass is 265 g/mol. The van der Waals surface area contributed by atoms with Crippen molar-refractivity contribution in [1.29, 1.82) is 0 Å². The minimum atomic E-state index is -0.276. The summed E-state index contributed by atoms with van der Waals surface area (Å²) in [5, 5.41) is 22.5. The smallest absolute Gasteiger partial charge is 0.0546 e. The van der Waals surface area contributed by atoms with Gasteiger partial charge < -0.3 is 15.5 Å². The van der Waals surface area contributed by atoms with Gasteiger partial charge in [-0.3, -0.25) is 0 Å². The van der Waals surface area contributed by atoms with Crippen molar-refractivity contribution in [2.75, 3.05) is 6.61 Å². The van der Waals surface area contributed by atoms with Gasteiger partial charge in [-0.25, -0.2) is 0 Å². The molecule has 2 unspecified atom stereocenters. The Morgan fingerprint density at radius 3 is 2.74 bits per heavy atom. The average molecular weight is 265 g/mol. The summed E-state index contributed by atoms with van der Waals surface area (Å²) < 4.78 is 0. The van der Waals surface area contributed by atoms with Crippen LogP contribution in [0.2, 0.25) is 0 Å². The molecule has 0 aromatic heterocycles. The van der Waals surface area contributed by atoms with Crippen LogP contribution in [0.3, 0.4) is 0 Å². The highest BCUT2D eigenvalue weighted by atomic mass is 16.3. The molecular formula is C16H27NO2. The molecule has 0 spiro atoms. The lowest BCUT2D eigenvalue weighted by Crippen LogP contribution is -2.22. The fourth-order valence-corrected chi connectivity index (χ4v) is 2.36. The van der Waals surface area contributed by atoms with Crippen LogP contribution in [-0.2, 0) is 0 Å². The maximum atomic E-state index is 10.1. The van der Waals surface area contributed by atoms with Gasteiger partial charge in [0.2, 0.25) is 0 Å². The van der Waals surface area contributed by atoms with Crippen molar-refractivity contribution >= 4 is 0 Å². The highest BCUT2D eigenvalue weighted by Crippen LogP contribution is 2.22. The second kappa shape index (κ2) is 9.82. The Hall–Kier alpha value is -1.06. The van der Waals surface area contributed by atoms with E-state index in [1.54, 1.807) is 0 Å². The zero-order valence-electron chi connectivity index (χ0n) is 11.9. The zero-order valence-corrected chi connectivity index (χ0v) is 11.9. The lowest BCUT2D eigenvalue weighted by Gasteiger charge is -2.22. The molecule has 0 fully saturated rings. The summed E-state index contributed by atoms with van der Waals surface area (Å²) in [6.07, 6.45) is 15.2. The van der Waals surface area contributed by atoms with Crippen LogP contribution in [0.15, 0.2) is 36.2 Å². The summed E-state index contributed by atoms with van der Waals surface area (Å²) in [6.45, 7) is 2.32. The van der Waals surface area contributed by atoms with Gasteiger partial charge in [-0.2, -0.15) is 0 Å². The molecule has 19 heavy (non-hydrogen) atoms. The van der Waals surface area contributed by atoms with Gasteiger partial charge in [0.1, 0.15) is 0 Å². The summed E-state index contributed by atoms with van der Waals surface area (Å²) in [4.78, 5) is 0. The highest BCUT2D eigenvalue weighted by Gasteiger charge is 2.17. The van der Waals surface area contributed by atoms with Gasteiger partial charge in [0.05, 0.1) is 6.10 Å². The van der Waals surface area contributed by atoms with E-state index in [-0.39, 0.29) is 18.6 Å². The predicted octanol–water partition coefficient (Wildman–Crippen LogP) is 2.87. The lowest BCUT2D eigenvalue weighted by atomic mass is 9.92. The van der Waals surface area contributed by atoms with Gasteiger partial charge in [0.25, 0.3) is 0 Å². The summed E-state index contributed by atoms with van der Waals surface area (Å²) >= 11 is 0. The molecule has 1 aliphatic heterocycles. The van der Waals surface area contributed by atoms with E-state index in [2.05, 4.69) is 12.2 Å². The first kappa shape index (κ1) is 16.0. The first-order valence-electron chi connectivity index (χ1n) is 7.36. The van der Waals surface area contributed by atoms with Crippen LogP contribution in [0.4, 0.5) is 0 Å². The maximum Gasteiger partial charge on any atom is 0.0546 e. The number of aliphatic hydroxyl groups is 2. The first-order valence-corrected chi connectivity index (χ1v) is 7.36. The number of hydrogen-bond acceptors (Lipinski definition) is 3. The Kier molecular flexibility index (Phi) is 8.26. The Labute approximate surface area is 116 Å². The van der Waals surface area contributed by atoms with Crippen LogP contribution in [-0.4, -0.2) is 22.9 Å².